The smallest absolute Gasteiger partial charge is 0.337 e. The molecule has 0 amide bonds. The van der Waals surface area contributed by atoms with E-state index in [4.69, 9.17) is 16.7 Å². The maximum atomic E-state index is 11.0. The molecule has 0 saturated carbocycles. The highest BCUT2D eigenvalue weighted by atomic mass is 35.5. The van der Waals surface area contributed by atoms with Crippen LogP contribution >= 0.6 is 11.6 Å². The van der Waals surface area contributed by atoms with Crippen LogP contribution < -0.4 is 5.32 Å². The summed E-state index contributed by atoms with van der Waals surface area (Å²) in [6.45, 7) is 4.18. The Balaban J connectivity index is 2.81. The molecule has 2 N–H and O–H groups in total. The molecule has 17 heavy (non-hydrogen) atoms. The molecule has 0 spiro atoms. The van der Waals surface area contributed by atoms with Gasteiger partial charge in [0.15, 0.2) is 0 Å². The van der Waals surface area contributed by atoms with Gasteiger partial charge >= 0.3 is 5.97 Å². The van der Waals surface area contributed by atoms with Crippen molar-refractivity contribution >= 4 is 23.3 Å². The van der Waals surface area contributed by atoms with Crippen molar-refractivity contribution in [3.8, 4) is 0 Å². The second-order valence-corrected chi connectivity index (χ2v) is 4.62. The molecule has 0 aromatic heterocycles. The van der Waals surface area contributed by atoms with Crippen LogP contribution in [0.2, 0.25) is 5.02 Å². The molecular weight excluding hydrogens is 238 g/mol. The summed E-state index contributed by atoms with van der Waals surface area (Å²) in [5, 5.41) is 12.8. The van der Waals surface area contributed by atoms with E-state index in [0.29, 0.717) is 10.7 Å². The van der Waals surface area contributed by atoms with Gasteiger partial charge in [0.1, 0.15) is 0 Å². The van der Waals surface area contributed by atoms with Gasteiger partial charge in [0.2, 0.25) is 0 Å². The summed E-state index contributed by atoms with van der Waals surface area (Å²) in [6.07, 6.45) is 3.27. The molecule has 0 aliphatic heterocycles. The van der Waals surface area contributed by atoms with Crippen LogP contribution in [-0.4, -0.2) is 17.1 Å². The number of anilines is 1. The van der Waals surface area contributed by atoms with Crippen molar-refractivity contribution in [2.75, 3.05) is 5.32 Å². The number of unbranched alkanes of at least 4 members (excludes halogenated alkanes) is 1. The standard InChI is InChI=1S/C13H18ClNO2/c1-3-4-5-9(2)15-12-8-10(14)6-7-11(12)13(16)17/h6-9,15H,3-5H2,1-2H3,(H,16,17). The van der Waals surface area contributed by atoms with Crippen molar-refractivity contribution in [1.82, 2.24) is 0 Å². The van der Waals surface area contributed by atoms with Gasteiger partial charge in [-0.15, -0.1) is 0 Å². The van der Waals surface area contributed by atoms with Crippen LogP contribution in [0.25, 0.3) is 0 Å². The molecule has 1 rings (SSSR count). The molecule has 0 radical (unpaired) electrons. The Morgan fingerprint density at radius 3 is 2.82 bits per heavy atom. The maximum absolute atomic E-state index is 11.0. The molecule has 94 valence electrons. The Hall–Kier alpha value is -1.22. The second-order valence-electron chi connectivity index (χ2n) is 4.18. The van der Waals surface area contributed by atoms with Crippen molar-refractivity contribution in [1.29, 1.82) is 0 Å². The molecule has 0 saturated heterocycles. The summed E-state index contributed by atoms with van der Waals surface area (Å²) in [5.41, 5.74) is 0.853. The lowest BCUT2D eigenvalue weighted by atomic mass is 10.1. The highest BCUT2D eigenvalue weighted by molar-refractivity contribution is 6.31. The largest absolute Gasteiger partial charge is 0.478 e. The Labute approximate surface area is 107 Å². The zero-order valence-corrected chi connectivity index (χ0v) is 10.9. The second kappa shape index (κ2) is 6.50. The van der Waals surface area contributed by atoms with Gasteiger partial charge in [-0.2, -0.15) is 0 Å². The minimum atomic E-state index is -0.938. The average molecular weight is 256 g/mol. The van der Waals surface area contributed by atoms with E-state index < -0.39 is 5.97 Å². The minimum Gasteiger partial charge on any atom is -0.478 e. The molecule has 0 aliphatic carbocycles. The number of halogens is 1. The normalized spacial score (nSPS) is 12.2. The molecule has 1 atom stereocenters. The third kappa shape index (κ3) is 4.27. The van der Waals surface area contributed by atoms with Crippen LogP contribution in [0.5, 0.6) is 0 Å². The Morgan fingerprint density at radius 1 is 1.53 bits per heavy atom. The number of benzene rings is 1. The fourth-order valence-electron chi connectivity index (χ4n) is 1.67. The van der Waals surface area contributed by atoms with Crippen LogP contribution in [0.15, 0.2) is 18.2 Å². The first-order valence-electron chi connectivity index (χ1n) is 5.84. The lowest BCUT2D eigenvalue weighted by Crippen LogP contribution is -2.17. The van der Waals surface area contributed by atoms with Gasteiger partial charge in [-0.1, -0.05) is 31.4 Å². The zero-order valence-electron chi connectivity index (χ0n) is 10.2. The third-order valence-corrected chi connectivity index (χ3v) is 2.84. The van der Waals surface area contributed by atoms with Gasteiger partial charge in [0, 0.05) is 11.1 Å². The summed E-state index contributed by atoms with van der Waals surface area (Å²) < 4.78 is 0. The highest BCUT2D eigenvalue weighted by Crippen LogP contribution is 2.22. The summed E-state index contributed by atoms with van der Waals surface area (Å²) in [7, 11) is 0. The van der Waals surface area contributed by atoms with E-state index in [1.165, 1.54) is 6.07 Å². The Bertz CT molecular complexity index is 393. The number of hydrogen-bond donors (Lipinski definition) is 2. The molecule has 1 unspecified atom stereocenters. The Morgan fingerprint density at radius 2 is 2.24 bits per heavy atom. The Kier molecular flexibility index (Phi) is 5.29. The number of rotatable bonds is 6. The van der Waals surface area contributed by atoms with Gasteiger partial charge < -0.3 is 10.4 Å². The van der Waals surface area contributed by atoms with Gasteiger partial charge in [-0.05, 0) is 31.5 Å². The van der Waals surface area contributed by atoms with E-state index in [9.17, 15) is 4.79 Å². The topological polar surface area (TPSA) is 49.3 Å². The first-order valence-corrected chi connectivity index (χ1v) is 6.21. The fraction of sp³-hybridized carbons (Fsp3) is 0.462. The van der Waals surface area contributed by atoms with Crippen LogP contribution in [0, 0.1) is 0 Å². The molecule has 3 nitrogen and oxygen atoms in total. The van der Waals surface area contributed by atoms with Gasteiger partial charge in [0.25, 0.3) is 0 Å². The lowest BCUT2D eigenvalue weighted by Gasteiger charge is -2.16. The van der Waals surface area contributed by atoms with E-state index in [2.05, 4.69) is 12.2 Å². The van der Waals surface area contributed by atoms with Gasteiger partial charge in [-0.3, -0.25) is 0 Å². The van der Waals surface area contributed by atoms with Crippen molar-refractivity contribution in [2.45, 2.75) is 39.2 Å². The minimum absolute atomic E-state index is 0.242. The summed E-state index contributed by atoms with van der Waals surface area (Å²) in [4.78, 5) is 11.0. The monoisotopic (exact) mass is 255 g/mol. The molecule has 0 fully saturated rings. The van der Waals surface area contributed by atoms with Crippen molar-refractivity contribution in [3.05, 3.63) is 28.8 Å². The quantitative estimate of drug-likeness (QED) is 0.807. The van der Waals surface area contributed by atoms with E-state index in [0.717, 1.165) is 19.3 Å². The first-order chi connectivity index (χ1) is 8.04. The van der Waals surface area contributed by atoms with E-state index in [1.807, 2.05) is 6.92 Å². The number of carboxylic acids is 1. The maximum Gasteiger partial charge on any atom is 0.337 e. The average Bonchev–Trinajstić information content (AvgIpc) is 2.26. The zero-order chi connectivity index (χ0) is 12.8. The predicted octanol–water partition coefficient (Wildman–Crippen LogP) is 4.03. The summed E-state index contributed by atoms with van der Waals surface area (Å²) in [6, 6.07) is 5.02. The number of hydrogen-bond acceptors (Lipinski definition) is 2. The van der Waals surface area contributed by atoms with Gasteiger partial charge in [0.05, 0.1) is 11.3 Å². The summed E-state index contributed by atoms with van der Waals surface area (Å²) >= 11 is 5.88. The summed E-state index contributed by atoms with van der Waals surface area (Å²) in [5.74, 6) is -0.938. The lowest BCUT2D eigenvalue weighted by molar-refractivity contribution is 0.0698. The molecular formula is C13H18ClNO2. The van der Waals surface area contributed by atoms with Crippen LogP contribution in [0.1, 0.15) is 43.5 Å². The number of nitrogens with one attached hydrogen (secondary N) is 1. The molecule has 4 heteroatoms. The first kappa shape index (κ1) is 13.8. The number of aromatic carboxylic acids is 1. The van der Waals surface area contributed by atoms with Crippen molar-refractivity contribution in [3.63, 3.8) is 0 Å². The van der Waals surface area contributed by atoms with Crippen LogP contribution in [0.4, 0.5) is 5.69 Å². The van der Waals surface area contributed by atoms with Crippen molar-refractivity contribution in [2.24, 2.45) is 0 Å². The van der Waals surface area contributed by atoms with E-state index in [-0.39, 0.29) is 11.6 Å². The molecule has 1 aromatic carbocycles. The fourth-order valence-corrected chi connectivity index (χ4v) is 1.84. The molecule has 0 aliphatic rings. The molecule has 0 heterocycles. The van der Waals surface area contributed by atoms with E-state index in [1.54, 1.807) is 12.1 Å². The molecule has 0 bridgehead atoms. The van der Waals surface area contributed by atoms with Crippen LogP contribution in [0.3, 0.4) is 0 Å². The van der Waals surface area contributed by atoms with E-state index >= 15 is 0 Å². The SMILES string of the molecule is CCCCC(C)Nc1cc(Cl)ccc1C(=O)O. The molecule has 1 aromatic rings. The predicted molar refractivity (Wildman–Crippen MR) is 71.0 cm³/mol. The third-order valence-electron chi connectivity index (χ3n) is 2.60. The number of carboxylic acid groups (broad SMARTS) is 1. The highest BCUT2D eigenvalue weighted by Gasteiger charge is 2.12. The van der Waals surface area contributed by atoms with Crippen molar-refractivity contribution < 1.29 is 9.90 Å². The van der Waals surface area contributed by atoms with Gasteiger partial charge in [-0.25, -0.2) is 4.79 Å². The number of carbonyl (C=O) groups is 1. The van der Waals surface area contributed by atoms with Crippen LogP contribution in [-0.2, 0) is 0 Å².